The highest BCUT2D eigenvalue weighted by Crippen LogP contribution is 2.23. The first kappa shape index (κ1) is 17.9. The third-order valence-electron chi connectivity index (χ3n) is 4.44. The van der Waals surface area contributed by atoms with E-state index in [1.807, 2.05) is 18.2 Å². The average Bonchev–Trinajstić information content (AvgIpc) is 2.75. The maximum absolute atomic E-state index is 12.9. The van der Waals surface area contributed by atoms with Gasteiger partial charge >= 0.3 is 0 Å². The van der Waals surface area contributed by atoms with Crippen molar-refractivity contribution in [3.05, 3.63) is 70.6 Å². The summed E-state index contributed by atoms with van der Waals surface area (Å²) in [5, 5.41) is 9.36. The molecule has 8 nitrogen and oxygen atoms in total. The number of hydrogen-bond donors (Lipinski definition) is 2. The normalized spacial score (nSPS) is 13.9. The maximum Gasteiger partial charge on any atom is 0.264 e. The molecule has 0 atom stereocenters. The van der Waals surface area contributed by atoms with Gasteiger partial charge in [-0.2, -0.15) is 5.10 Å². The van der Waals surface area contributed by atoms with Crippen molar-refractivity contribution in [3.63, 3.8) is 0 Å². The van der Waals surface area contributed by atoms with Gasteiger partial charge in [-0.1, -0.05) is 12.1 Å². The van der Waals surface area contributed by atoms with Crippen LogP contribution in [-0.2, 0) is 4.74 Å². The average molecular weight is 377 g/mol. The number of nitrogens with one attached hydrogen (secondary N) is 2. The number of benzene rings is 1. The number of nitrogens with zero attached hydrogens (tertiary/aromatic N) is 3. The number of aromatic amines is 1. The Morgan fingerprint density at radius 1 is 1.11 bits per heavy atom. The summed E-state index contributed by atoms with van der Waals surface area (Å²) >= 11 is 0. The van der Waals surface area contributed by atoms with Gasteiger partial charge in [0.1, 0.15) is 5.82 Å². The van der Waals surface area contributed by atoms with Crippen molar-refractivity contribution >= 4 is 17.4 Å². The Labute approximate surface area is 161 Å². The lowest BCUT2D eigenvalue weighted by Crippen LogP contribution is -2.38. The van der Waals surface area contributed by atoms with Crippen molar-refractivity contribution in [2.24, 2.45) is 0 Å². The predicted octanol–water partition coefficient (Wildman–Crippen LogP) is 1.92. The Morgan fingerprint density at radius 2 is 1.96 bits per heavy atom. The van der Waals surface area contributed by atoms with Crippen molar-refractivity contribution < 1.29 is 9.53 Å². The molecule has 1 aromatic carbocycles. The molecule has 8 heteroatoms. The second-order valence-corrected chi connectivity index (χ2v) is 6.32. The van der Waals surface area contributed by atoms with Crippen LogP contribution in [0.5, 0.6) is 0 Å². The lowest BCUT2D eigenvalue weighted by atomic mass is 10.1. The van der Waals surface area contributed by atoms with Gasteiger partial charge in [0.25, 0.3) is 11.5 Å². The molecule has 1 saturated heterocycles. The van der Waals surface area contributed by atoms with Crippen LogP contribution in [-0.4, -0.2) is 47.4 Å². The summed E-state index contributed by atoms with van der Waals surface area (Å²) in [4.78, 5) is 30.5. The van der Waals surface area contributed by atoms with Crippen LogP contribution in [0.1, 0.15) is 10.4 Å². The summed E-state index contributed by atoms with van der Waals surface area (Å²) in [7, 11) is 0. The second kappa shape index (κ2) is 8.01. The summed E-state index contributed by atoms with van der Waals surface area (Å²) < 4.78 is 5.38. The van der Waals surface area contributed by atoms with E-state index in [1.165, 1.54) is 6.07 Å². The Kier molecular flexibility index (Phi) is 5.11. The summed E-state index contributed by atoms with van der Waals surface area (Å²) in [6, 6.07) is 13.9. The molecule has 3 heterocycles. The molecule has 0 saturated carbocycles. The first-order valence-corrected chi connectivity index (χ1v) is 8.96. The van der Waals surface area contributed by atoms with E-state index in [-0.39, 0.29) is 11.5 Å². The van der Waals surface area contributed by atoms with E-state index >= 15 is 0 Å². The van der Waals surface area contributed by atoms with Gasteiger partial charge in [-0.05, 0) is 30.3 Å². The quantitative estimate of drug-likeness (QED) is 0.721. The fourth-order valence-electron chi connectivity index (χ4n) is 3.06. The fourth-order valence-corrected chi connectivity index (χ4v) is 3.06. The standard InChI is InChI=1S/C20H19N5O3/c26-18-7-6-17(23-24-18)14-3-1-4-15(13-14)22-20(27)16-5-2-8-21-19(16)25-9-11-28-12-10-25/h1-8,13H,9-12H2,(H,22,27)(H,24,26). The van der Waals surface area contributed by atoms with Gasteiger partial charge in [0, 0.05) is 36.6 Å². The number of ether oxygens (including phenoxy) is 1. The number of hydrogen-bond acceptors (Lipinski definition) is 6. The van der Waals surface area contributed by atoms with Gasteiger partial charge in [-0.25, -0.2) is 10.1 Å². The summed E-state index contributed by atoms with van der Waals surface area (Å²) in [6.07, 6.45) is 1.68. The predicted molar refractivity (Wildman–Crippen MR) is 106 cm³/mol. The van der Waals surface area contributed by atoms with Crippen LogP contribution in [0.25, 0.3) is 11.3 Å². The molecule has 0 unspecified atom stereocenters. The smallest absolute Gasteiger partial charge is 0.264 e. The number of rotatable bonds is 4. The number of morpholine rings is 1. The highest BCUT2D eigenvalue weighted by molar-refractivity contribution is 6.07. The molecule has 2 aromatic heterocycles. The lowest BCUT2D eigenvalue weighted by Gasteiger charge is -2.29. The minimum Gasteiger partial charge on any atom is -0.378 e. The highest BCUT2D eigenvalue weighted by Gasteiger charge is 2.20. The largest absolute Gasteiger partial charge is 0.378 e. The second-order valence-electron chi connectivity index (χ2n) is 6.32. The van der Waals surface area contributed by atoms with Crippen LogP contribution in [0.3, 0.4) is 0 Å². The molecule has 1 amide bonds. The molecule has 1 fully saturated rings. The molecule has 4 rings (SSSR count). The van der Waals surface area contributed by atoms with Crippen molar-refractivity contribution in [3.8, 4) is 11.3 Å². The maximum atomic E-state index is 12.9. The SMILES string of the molecule is O=C(Nc1cccc(-c2ccc(=O)[nH]n2)c1)c1cccnc1N1CCOCC1. The van der Waals surface area contributed by atoms with Crippen LogP contribution in [0.15, 0.2) is 59.5 Å². The molecule has 3 aromatic rings. The van der Waals surface area contributed by atoms with Crippen molar-refractivity contribution in [2.75, 3.05) is 36.5 Å². The highest BCUT2D eigenvalue weighted by atomic mass is 16.5. The van der Waals surface area contributed by atoms with Crippen LogP contribution in [0, 0.1) is 0 Å². The van der Waals surface area contributed by atoms with E-state index in [0.29, 0.717) is 49.1 Å². The molecule has 28 heavy (non-hydrogen) atoms. The number of H-pyrrole nitrogens is 1. The van der Waals surface area contributed by atoms with Crippen LogP contribution in [0.4, 0.5) is 11.5 Å². The van der Waals surface area contributed by atoms with Crippen LogP contribution < -0.4 is 15.8 Å². The molecule has 1 aliphatic heterocycles. The monoisotopic (exact) mass is 377 g/mol. The topological polar surface area (TPSA) is 100 Å². The summed E-state index contributed by atoms with van der Waals surface area (Å²) in [5.41, 5.74) is 2.28. The number of aromatic nitrogens is 3. The lowest BCUT2D eigenvalue weighted by molar-refractivity contribution is 0.102. The Balaban J connectivity index is 1.57. The Bertz CT molecular complexity index is 1020. The molecule has 2 N–H and O–H groups in total. The van der Waals surface area contributed by atoms with E-state index < -0.39 is 0 Å². The number of carbonyl (C=O) groups is 1. The zero-order valence-corrected chi connectivity index (χ0v) is 15.1. The third kappa shape index (κ3) is 3.91. The Morgan fingerprint density at radius 3 is 2.75 bits per heavy atom. The van der Waals surface area contributed by atoms with E-state index in [0.717, 1.165) is 5.56 Å². The van der Waals surface area contributed by atoms with Crippen LogP contribution in [0.2, 0.25) is 0 Å². The van der Waals surface area contributed by atoms with E-state index in [4.69, 9.17) is 4.74 Å². The molecular weight excluding hydrogens is 358 g/mol. The number of anilines is 2. The Hall–Kier alpha value is -3.52. The van der Waals surface area contributed by atoms with Crippen molar-refractivity contribution in [2.45, 2.75) is 0 Å². The molecular formula is C20H19N5O3. The third-order valence-corrected chi connectivity index (χ3v) is 4.44. The van der Waals surface area contributed by atoms with Gasteiger partial charge < -0.3 is 15.0 Å². The molecule has 142 valence electrons. The van der Waals surface area contributed by atoms with Gasteiger partial charge in [-0.3, -0.25) is 9.59 Å². The van der Waals surface area contributed by atoms with Crippen molar-refractivity contribution in [1.29, 1.82) is 0 Å². The van der Waals surface area contributed by atoms with Crippen LogP contribution >= 0.6 is 0 Å². The number of amides is 1. The molecule has 1 aliphatic rings. The number of carbonyl (C=O) groups excluding carboxylic acids is 1. The minimum atomic E-state index is -0.263. The van der Waals surface area contributed by atoms with Gasteiger partial charge in [-0.15, -0.1) is 0 Å². The van der Waals surface area contributed by atoms with Gasteiger partial charge in [0.2, 0.25) is 0 Å². The summed E-state index contributed by atoms with van der Waals surface area (Å²) in [6.45, 7) is 2.63. The fraction of sp³-hybridized carbons (Fsp3) is 0.200. The van der Waals surface area contributed by atoms with E-state index in [1.54, 1.807) is 30.5 Å². The van der Waals surface area contributed by atoms with Gasteiger partial charge in [0.15, 0.2) is 0 Å². The summed E-state index contributed by atoms with van der Waals surface area (Å²) in [5.74, 6) is 0.419. The minimum absolute atomic E-state index is 0.235. The molecule has 0 spiro atoms. The first-order chi connectivity index (χ1) is 13.7. The van der Waals surface area contributed by atoms with Gasteiger partial charge in [0.05, 0.1) is 24.5 Å². The first-order valence-electron chi connectivity index (χ1n) is 8.96. The van der Waals surface area contributed by atoms with E-state index in [9.17, 15) is 9.59 Å². The molecule has 0 bridgehead atoms. The molecule has 0 radical (unpaired) electrons. The van der Waals surface area contributed by atoms with E-state index in [2.05, 4.69) is 25.4 Å². The van der Waals surface area contributed by atoms with Crippen molar-refractivity contribution in [1.82, 2.24) is 15.2 Å². The zero-order valence-electron chi connectivity index (χ0n) is 15.1. The molecule has 0 aliphatic carbocycles. The number of pyridine rings is 1. The zero-order chi connectivity index (χ0) is 19.3.